The lowest BCUT2D eigenvalue weighted by Gasteiger charge is -2.20. The summed E-state index contributed by atoms with van der Waals surface area (Å²) < 4.78 is 27.0. The van der Waals surface area contributed by atoms with Crippen LogP contribution >= 0.6 is 11.8 Å². The lowest BCUT2D eigenvalue weighted by atomic mass is 10.1. The van der Waals surface area contributed by atoms with Crippen LogP contribution in [0.25, 0.3) is 0 Å². The van der Waals surface area contributed by atoms with Gasteiger partial charge in [0.05, 0.1) is 10.6 Å². The number of thioether (sulfide) groups is 1. The number of anilines is 2. The average molecular weight is 441 g/mol. The Morgan fingerprint density at radius 3 is 2.00 bits per heavy atom. The van der Waals surface area contributed by atoms with Gasteiger partial charge >= 0.3 is 0 Å². The normalized spacial score (nSPS) is 11.2. The molecule has 3 aromatic carbocycles. The summed E-state index contributed by atoms with van der Waals surface area (Å²) in [6, 6.07) is 19.1. The zero-order valence-corrected chi connectivity index (χ0v) is 19.0. The van der Waals surface area contributed by atoms with Gasteiger partial charge in [-0.3, -0.25) is 9.10 Å². The molecule has 0 bridgehead atoms. The van der Waals surface area contributed by atoms with Gasteiger partial charge in [-0.05, 0) is 91.9 Å². The highest BCUT2D eigenvalue weighted by Crippen LogP contribution is 2.25. The summed E-state index contributed by atoms with van der Waals surface area (Å²) in [5, 5.41) is 2.88. The summed E-state index contributed by atoms with van der Waals surface area (Å²) in [7, 11) is -2.18. The molecule has 30 heavy (non-hydrogen) atoms. The van der Waals surface area contributed by atoms with Gasteiger partial charge in [-0.15, -0.1) is 11.8 Å². The maximum Gasteiger partial charge on any atom is 0.264 e. The Morgan fingerprint density at radius 2 is 1.47 bits per heavy atom. The van der Waals surface area contributed by atoms with Crippen molar-refractivity contribution in [2.24, 2.45) is 0 Å². The van der Waals surface area contributed by atoms with Gasteiger partial charge in [0.15, 0.2) is 0 Å². The molecule has 1 amide bonds. The Labute approximate surface area is 182 Å². The van der Waals surface area contributed by atoms with E-state index in [0.717, 1.165) is 21.7 Å². The first-order valence-corrected chi connectivity index (χ1v) is 12.0. The second-order valence-electron chi connectivity index (χ2n) is 7.03. The fraction of sp³-hybridized carbons (Fsp3) is 0.174. The van der Waals surface area contributed by atoms with Crippen LogP contribution in [-0.4, -0.2) is 27.6 Å². The van der Waals surface area contributed by atoms with Gasteiger partial charge < -0.3 is 5.32 Å². The summed E-state index contributed by atoms with van der Waals surface area (Å²) in [4.78, 5) is 13.8. The van der Waals surface area contributed by atoms with Crippen molar-refractivity contribution in [2.75, 3.05) is 22.9 Å². The van der Waals surface area contributed by atoms with Crippen LogP contribution in [0, 0.1) is 13.8 Å². The molecule has 0 saturated heterocycles. The molecule has 0 aromatic heterocycles. The highest BCUT2D eigenvalue weighted by atomic mass is 32.2. The zero-order chi connectivity index (χ0) is 21.9. The van der Waals surface area contributed by atoms with E-state index in [4.69, 9.17) is 0 Å². The van der Waals surface area contributed by atoms with Crippen LogP contribution in [0.1, 0.15) is 21.5 Å². The highest BCUT2D eigenvalue weighted by molar-refractivity contribution is 7.98. The molecule has 0 aliphatic heterocycles. The van der Waals surface area contributed by atoms with E-state index in [9.17, 15) is 13.2 Å². The van der Waals surface area contributed by atoms with E-state index in [1.807, 2.05) is 38.3 Å². The minimum absolute atomic E-state index is 0.222. The number of hydrogen-bond donors (Lipinski definition) is 1. The lowest BCUT2D eigenvalue weighted by Crippen LogP contribution is -2.26. The van der Waals surface area contributed by atoms with Gasteiger partial charge in [0.25, 0.3) is 15.9 Å². The first kappa shape index (κ1) is 21.9. The quantitative estimate of drug-likeness (QED) is 0.542. The summed E-state index contributed by atoms with van der Waals surface area (Å²) in [5.74, 6) is -0.246. The van der Waals surface area contributed by atoms with Crippen molar-refractivity contribution in [3.63, 3.8) is 0 Å². The molecule has 0 unspecified atom stereocenters. The van der Waals surface area contributed by atoms with Gasteiger partial charge in [0.1, 0.15) is 0 Å². The average Bonchev–Trinajstić information content (AvgIpc) is 2.72. The number of sulfonamides is 1. The van der Waals surface area contributed by atoms with E-state index in [1.165, 1.54) is 11.4 Å². The second kappa shape index (κ2) is 8.93. The predicted molar refractivity (Wildman–Crippen MR) is 124 cm³/mol. The van der Waals surface area contributed by atoms with Gasteiger partial charge in [-0.25, -0.2) is 8.42 Å². The molecule has 0 aliphatic rings. The second-order valence-corrected chi connectivity index (χ2v) is 9.87. The molecule has 0 aliphatic carbocycles. The maximum absolute atomic E-state index is 12.9. The van der Waals surface area contributed by atoms with Crippen LogP contribution in [0.3, 0.4) is 0 Å². The standard InChI is InChI=1S/C23H24N2O3S2/c1-16-13-17(2)15-19(14-16)24-23(26)18-5-7-20(8-6-18)25(3)30(27,28)22-11-9-21(29-4)10-12-22/h5-15H,1-4H3,(H,24,26). The Bertz CT molecular complexity index is 1140. The molecule has 0 saturated carbocycles. The van der Waals surface area contributed by atoms with Gasteiger partial charge in [-0.2, -0.15) is 0 Å². The van der Waals surface area contributed by atoms with Crippen LogP contribution in [0.2, 0.25) is 0 Å². The van der Waals surface area contributed by atoms with E-state index in [0.29, 0.717) is 11.3 Å². The SMILES string of the molecule is CSc1ccc(S(=O)(=O)N(C)c2ccc(C(=O)Nc3cc(C)cc(C)c3)cc2)cc1. The molecule has 0 heterocycles. The van der Waals surface area contributed by atoms with E-state index >= 15 is 0 Å². The van der Waals surface area contributed by atoms with Crippen molar-refractivity contribution in [1.29, 1.82) is 0 Å². The van der Waals surface area contributed by atoms with E-state index in [1.54, 1.807) is 60.3 Å². The van der Waals surface area contributed by atoms with Crippen molar-refractivity contribution < 1.29 is 13.2 Å². The third-order valence-electron chi connectivity index (χ3n) is 4.69. The number of benzene rings is 3. The molecule has 0 fully saturated rings. The van der Waals surface area contributed by atoms with E-state index < -0.39 is 10.0 Å². The number of nitrogens with one attached hydrogen (secondary N) is 1. The number of rotatable bonds is 6. The number of carbonyl (C=O) groups excluding carboxylic acids is 1. The molecule has 7 heteroatoms. The van der Waals surface area contributed by atoms with Gasteiger partial charge in [0, 0.05) is 23.2 Å². The largest absolute Gasteiger partial charge is 0.322 e. The van der Waals surface area contributed by atoms with Gasteiger partial charge in [0.2, 0.25) is 0 Å². The van der Waals surface area contributed by atoms with Gasteiger partial charge in [-0.1, -0.05) is 6.07 Å². The number of aryl methyl sites for hydroxylation is 2. The molecule has 3 rings (SSSR count). The van der Waals surface area contributed by atoms with E-state index in [-0.39, 0.29) is 10.8 Å². The van der Waals surface area contributed by atoms with E-state index in [2.05, 4.69) is 5.32 Å². The summed E-state index contributed by atoms with van der Waals surface area (Å²) in [6.07, 6.45) is 1.94. The fourth-order valence-corrected chi connectivity index (χ4v) is 4.72. The van der Waals surface area contributed by atoms with Crippen LogP contribution in [-0.2, 0) is 10.0 Å². The Morgan fingerprint density at radius 1 is 0.900 bits per heavy atom. The smallest absolute Gasteiger partial charge is 0.264 e. The Hall–Kier alpha value is -2.77. The molecule has 3 aromatic rings. The first-order valence-electron chi connectivity index (χ1n) is 9.33. The van der Waals surface area contributed by atoms with Crippen molar-refractivity contribution >= 4 is 39.1 Å². The van der Waals surface area contributed by atoms with Crippen molar-refractivity contribution in [1.82, 2.24) is 0 Å². The van der Waals surface area contributed by atoms with Crippen molar-refractivity contribution in [3.8, 4) is 0 Å². The minimum atomic E-state index is -3.68. The zero-order valence-electron chi connectivity index (χ0n) is 17.3. The molecule has 0 atom stereocenters. The Kier molecular flexibility index (Phi) is 6.53. The third-order valence-corrected chi connectivity index (χ3v) is 7.23. The summed E-state index contributed by atoms with van der Waals surface area (Å²) >= 11 is 1.55. The van der Waals surface area contributed by atoms with Crippen LogP contribution < -0.4 is 9.62 Å². The maximum atomic E-state index is 12.9. The molecule has 5 nitrogen and oxygen atoms in total. The molecule has 156 valence electrons. The number of amides is 1. The monoisotopic (exact) mass is 440 g/mol. The molecule has 0 spiro atoms. The van der Waals surface area contributed by atoms with Crippen LogP contribution in [0.4, 0.5) is 11.4 Å². The number of carbonyl (C=O) groups is 1. The first-order chi connectivity index (χ1) is 14.2. The Balaban J connectivity index is 1.77. The third kappa shape index (κ3) is 4.86. The summed E-state index contributed by atoms with van der Waals surface area (Å²) in [6.45, 7) is 3.95. The molecular formula is C23H24N2O3S2. The van der Waals surface area contributed by atoms with Crippen molar-refractivity contribution in [2.45, 2.75) is 23.6 Å². The summed E-state index contributed by atoms with van der Waals surface area (Å²) in [5.41, 5.74) is 3.80. The topological polar surface area (TPSA) is 66.5 Å². The highest BCUT2D eigenvalue weighted by Gasteiger charge is 2.21. The fourth-order valence-electron chi connectivity index (χ4n) is 3.12. The minimum Gasteiger partial charge on any atom is -0.322 e. The number of hydrogen-bond acceptors (Lipinski definition) is 4. The lowest BCUT2D eigenvalue weighted by molar-refractivity contribution is 0.102. The van der Waals surface area contributed by atoms with Crippen LogP contribution in [0.5, 0.6) is 0 Å². The van der Waals surface area contributed by atoms with Crippen molar-refractivity contribution in [3.05, 3.63) is 83.4 Å². The number of nitrogens with zero attached hydrogens (tertiary/aromatic N) is 1. The molecular weight excluding hydrogens is 416 g/mol. The molecule has 1 N–H and O–H groups in total. The molecule has 0 radical (unpaired) electrons. The predicted octanol–water partition coefficient (Wildman–Crippen LogP) is 5.10. The van der Waals surface area contributed by atoms with Crippen LogP contribution in [0.15, 0.2) is 76.5 Å².